The molecule has 0 spiro atoms. The lowest BCUT2D eigenvalue weighted by Crippen LogP contribution is -2.54. The minimum Gasteiger partial charge on any atom is -0.334 e. The molecule has 302 valence electrons. The Morgan fingerprint density at radius 2 is 0.823 bits per heavy atom. The van der Waals surface area contributed by atoms with E-state index in [1.165, 1.54) is 114 Å². The number of anilines is 4. The summed E-state index contributed by atoms with van der Waals surface area (Å²) in [6.45, 7) is 9.95. The van der Waals surface area contributed by atoms with Gasteiger partial charge in [-0.2, -0.15) is 10.5 Å². The van der Waals surface area contributed by atoms with Gasteiger partial charge in [-0.15, -0.1) is 0 Å². The van der Waals surface area contributed by atoms with Crippen LogP contribution in [-0.4, -0.2) is 11.1 Å². The summed E-state index contributed by atoms with van der Waals surface area (Å²) in [4.78, 5) is 5.19. The Bertz CT molecular complexity index is 3020. The van der Waals surface area contributed by atoms with Gasteiger partial charge in [-0.05, 0) is 178 Å². The first-order valence-corrected chi connectivity index (χ1v) is 22.7. The molecule has 12 rings (SSSR count). The second kappa shape index (κ2) is 13.0. The van der Waals surface area contributed by atoms with Crippen LogP contribution in [-0.2, 0) is 10.8 Å². The summed E-state index contributed by atoms with van der Waals surface area (Å²) >= 11 is 0. The molecule has 2 heterocycles. The summed E-state index contributed by atoms with van der Waals surface area (Å²) in [6.07, 6.45) is 9.48. The van der Waals surface area contributed by atoms with Crippen molar-refractivity contribution in [1.29, 1.82) is 10.5 Å². The van der Waals surface area contributed by atoms with Crippen LogP contribution in [0.25, 0.3) is 54.6 Å². The molecule has 2 aliphatic heterocycles. The van der Waals surface area contributed by atoms with Gasteiger partial charge >= 0.3 is 0 Å². The van der Waals surface area contributed by atoms with Gasteiger partial charge in [0.1, 0.15) is 0 Å². The average Bonchev–Trinajstić information content (AvgIpc) is 3.65. The molecule has 0 amide bonds. The lowest BCUT2D eigenvalue weighted by Gasteiger charge is -2.50. The maximum atomic E-state index is 9.56. The first-order valence-electron chi connectivity index (χ1n) is 22.7. The van der Waals surface area contributed by atoms with Crippen LogP contribution in [0.5, 0.6) is 0 Å². The Hall–Kier alpha value is -6.62. The van der Waals surface area contributed by atoms with Crippen LogP contribution in [0.2, 0.25) is 0 Å². The predicted octanol–water partition coefficient (Wildman–Crippen LogP) is 15.1. The maximum Gasteiger partial charge on any atom is 0.0991 e. The van der Waals surface area contributed by atoms with Gasteiger partial charge in [-0.3, -0.25) is 0 Å². The largest absolute Gasteiger partial charge is 0.334 e. The zero-order chi connectivity index (χ0) is 42.2. The van der Waals surface area contributed by atoms with Gasteiger partial charge in [0.05, 0.1) is 34.3 Å². The van der Waals surface area contributed by atoms with Crippen molar-refractivity contribution in [2.45, 2.75) is 101 Å². The van der Waals surface area contributed by atoms with E-state index in [0.29, 0.717) is 11.1 Å². The van der Waals surface area contributed by atoms with E-state index in [4.69, 9.17) is 0 Å². The van der Waals surface area contributed by atoms with Crippen molar-refractivity contribution in [2.24, 2.45) is 0 Å². The number of nitrogens with zero attached hydrogens (tertiary/aromatic N) is 4. The molecule has 0 radical (unpaired) electrons. The van der Waals surface area contributed by atoms with Gasteiger partial charge in [0.25, 0.3) is 0 Å². The van der Waals surface area contributed by atoms with Gasteiger partial charge in [0.15, 0.2) is 0 Å². The molecule has 2 aliphatic carbocycles. The van der Waals surface area contributed by atoms with E-state index < -0.39 is 0 Å². The molecule has 4 nitrogen and oxygen atoms in total. The molecule has 0 aromatic heterocycles. The van der Waals surface area contributed by atoms with Crippen LogP contribution >= 0.6 is 0 Å². The SMILES string of the molecule is CC12CCCCC1(C)N(c1ccc(C#N)cc1)c1ccc(-c3ccc4ccc5c(-c6ccc7c(c6)C6(C)CCCCC6(C)N7c6ccc(C#N)cc6)ccc6ccc3c4c65)cc12. The third-order valence-electron chi connectivity index (χ3n) is 17.0. The second-order valence-electron chi connectivity index (χ2n) is 19.7. The highest BCUT2D eigenvalue weighted by Crippen LogP contribution is 2.63. The average molecular weight is 803 g/mol. The monoisotopic (exact) mass is 802 g/mol. The number of benzene rings is 8. The van der Waals surface area contributed by atoms with Crippen molar-refractivity contribution in [3.63, 3.8) is 0 Å². The number of fused-ring (bicyclic) bond motifs is 6. The Morgan fingerprint density at radius 3 is 1.23 bits per heavy atom. The number of hydrogen-bond donors (Lipinski definition) is 0. The van der Waals surface area contributed by atoms with Crippen LogP contribution in [0.15, 0.2) is 133 Å². The van der Waals surface area contributed by atoms with Crippen molar-refractivity contribution in [1.82, 2.24) is 0 Å². The van der Waals surface area contributed by atoms with Gasteiger partial charge in [0, 0.05) is 33.6 Å². The zero-order valence-corrected chi connectivity index (χ0v) is 36.1. The second-order valence-corrected chi connectivity index (χ2v) is 19.7. The molecule has 4 unspecified atom stereocenters. The molecule has 8 aromatic rings. The summed E-state index contributed by atoms with van der Waals surface area (Å²) in [5, 5.41) is 27.0. The molecular weight excluding hydrogens is 753 g/mol. The quantitative estimate of drug-likeness (QED) is 0.166. The van der Waals surface area contributed by atoms with Crippen LogP contribution in [0.1, 0.15) is 101 Å². The molecule has 4 aliphatic rings. The summed E-state index contributed by atoms with van der Waals surface area (Å²) < 4.78 is 0. The highest BCUT2D eigenvalue weighted by molar-refractivity contribution is 6.27. The topological polar surface area (TPSA) is 54.1 Å². The third kappa shape index (κ3) is 4.76. The third-order valence-corrected chi connectivity index (χ3v) is 17.0. The summed E-state index contributed by atoms with van der Waals surface area (Å²) in [5.41, 5.74) is 14.1. The van der Waals surface area contributed by atoms with E-state index in [1.807, 2.05) is 24.3 Å². The summed E-state index contributed by atoms with van der Waals surface area (Å²) in [6, 6.07) is 54.3. The Morgan fingerprint density at radius 1 is 0.435 bits per heavy atom. The van der Waals surface area contributed by atoms with Crippen molar-refractivity contribution >= 4 is 55.1 Å². The standard InChI is InChI=1S/C58H50N4/c1-55-29-5-7-31-57(55,3)61(43-19-9-37(35-59)10-20-43)51-27-17-41(33-49(51)55)45-23-13-39-16-26-48-46(24-14-40-15-25-47(45)53(39)54(40)48)42-18-28-52-50(34-42)56(2)30-6-8-32-58(56,4)62(52)44-21-11-38(36-60)12-22-44/h9-28,33-34H,5-8,29-32H2,1-4H3. The molecular formula is C58H50N4. The fourth-order valence-corrected chi connectivity index (χ4v) is 13.3. The van der Waals surface area contributed by atoms with Crippen LogP contribution < -0.4 is 9.80 Å². The van der Waals surface area contributed by atoms with Crippen LogP contribution in [0, 0.1) is 22.7 Å². The highest BCUT2D eigenvalue weighted by Gasteiger charge is 2.59. The Labute approximate surface area is 365 Å². The van der Waals surface area contributed by atoms with E-state index in [2.05, 4.69) is 159 Å². The summed E-state index contributed by atoms with van der Waals surface area (Å²) in [7, 11) is 0. The van der Waals surface area contributed by atoms with E-state index in [-0.39, 0.29) is 21.9 Å². The Kier molecular flexibility index (Phi) is 7.76. The van der Waals surface area contributed by atoms with E-state index in [0.717, 1.165) is 25.7 Å². The van der Waals surface area contributed by atoms with Crippen LogP contribution in [0.3, 0.4) is 0 Å². The normalized spacial score (nSPS) is 25.1. The van der Waals surface area contributed by atoms with Crippen molar-refractivity contribution in [3.8, 4) is 34.4 Å². The zero-order valence-electron chi connectivity index (χ0n) is 36.1. The summed E-state index contributed by atoms with van der Waals surface area (Å²) in [5.74, 6) is 0. The van der Waals surface area contributed by atoms with Crippen molar-refractivity contribution in [3.05, 3.63) is 156 Å². The lowest BCUT2D eigenvalue weighted by atomic mass is 9.61. The number of nitriles is 2. The smallest absolute Gasteiger partial charge is 0.0991 e. The van der Waals surface area contributed by atoms with E-state index >= 15 is 0 Å². The number of rotatable bonds is 4. The molecule has 0 saturated heterocycles. The molecule has 8 aromatic carbocycles. The minimum atomic E-state index is -0.0636. The molecule has 2 fully saturated rings. The molecule has 4 heteroatoms. The fraction of sp³-hybridized carbons (Fsp3) is 0.276. The van der Waals surface area contributed by atoms with Gasteiger partial charge in [0.2, 0.25) is 0 Å². The van der Waals surface area contributed by atoms with Crippen molar-refractivity contribution < 1.29 is 0 Å². The maximum absolute atomic E-state index is 9.56. The minimum absolute atomic E-state index is 0.00970. The van der Waals surface area contributed by atoms with Crippen LogP contribution in [0.4, 0.5) is 22.7 Å². The fourth-order valence-electron chi connectivity index (χ4n) is 13.3. The Balaban J connectivity index is 0.998. The predicted molar refractivity (Wildman–Crippen MR) is 256 cm³/mol. The molecule has 2 saturated carbocycles. The molecule has 4 atom stereocenters. The highest BCUT2D eigenvalue weighted by atomic mass is 15.3. The lowest BCUT2D eigenvalue weighted by molar-refractivity contribution is 0.195. The van der Waals surface area contributed by atoms with Gasteiger partial charge in [-0.25, -0.2) is 0 Å². The van der Waals surface area contributed by atoms with E-state index in [9.17, 15) is 10.5 Å². The molecule has 62 heavy (non-hydrogen) atoms. The van der Waals surface area contributed by atoms with Gasteiger partial charge < -0.3 is 9.80 Å². The van der Waals surface area contributed by atoms with Crippen molar-refractivity contribution in [2.75, 3.05) is 9.80 Å². The van der Waals surface area contributed by atoms with Gasteiger partial charge in [-0.1, -0.05) is 100 Å². The number of hydrogen-bond acceptors (Lipinski definition) is 4. The van der Waals surface area contributed by atoms with E-state index in [1.54, 1.807) is 0 Å². The molecule has 0 bridgehead atoms. The first-order chi connectivity index (χ1) is 30.1. The molecule has 0 N–H and O–H groups in total. The first kappa shape index (κ1) is 37.2.